The second-order valence-corrected chi connectivity index (χ2v) is 2.54. The lowest BCUT2D eigenvalue weighted by Crippen LogP contribution is -2.48. The van der Waals surface area contributed by atoms with Crippen LogP contribution in [-0.2, 0) is 4.79 Å². The van der Waals surface area contributed by atoms with Gasteiger partial charge in [0.2, 0.25) is 5.91 Å². The molecule has 0 aliphatic carbocycles. The van der Waals surface area contributed by atoms with Crippen molar-refractivity contribution in [3.8, 4) is 0 Å². The summed E-state index contributed by atoms with van der Waals surface area (Å²) in [6.07, 6.45) is 0. The van der Waals surface area contributed by atoms with E-state index < -0.39 is 11.9 Å². The van der Waals surface area contributed by atoms with Gasteiger partial charge in [0.05, 0.1) is 6.54 Å². The molecule has 0 spiro atoms. The molecule has 1 amide bonds. The molecule has 1 rings (SSSR count). The fourth-order valence-corrected chi connectivity index (χ4v) is 1.01. The zero-order chi connectivity index (χ0) is 8.43. The molecule has 0 aromatic rings. The van der Waals surface area contributed by atoms with Crippen LogP contribution in [-0.4, -0.2) is 42.8 Å². The Balaban J connectivity index is 2.66. The number of aliphatic imine (C=N–C) groups is 1. The number of hydrogen-bond acceptors (Lipinski definition) is 4. The molecule has 1 aliphatic rings. The number of nitrogens with two attached hydrogens (primary N) is 2. The minimum atomic E-state index is -0.748. The smallest absolute Gasteiger partial charge is 0.242 e. The summed E-state index contributed by atoms with van der Waals surface area (Å²) in [4.78, 5) is 16.5. The van der Waals surface area contributed by atoms with Gasteiger partial charge in [-0.1, -0.05) is 0 Å². The predicted octanol–water partition coefficient (Wildman–Crippen LogP) is -1.86. The van der Waals surface area contributed by atoms with Gasteiger partial charge in [0.1, 0.15) is 11.9 Å². The maximum Gasteiger partial charge on any atom is 0.242 e. The highest BCUT2D eigenvalue weighted by atomic mass is 16.1. The van der Waals surface area contributed by atoms with E-state index in [1.807, 2.05) is 11.9 Å². The number of carbonyl (C=O) groups excluding carboxylic acids is 1. The fraction of sp³-hybridized carbons (Fsp3) is 0.667. The first-order valence-corrected chi connectivity index (χ1v) is 3.43. The van der Waals surface area contributed by atoms with Crippen LogP contribution in [0.2, 0.25) is 0 Å². The zero-order valence-corrected chi connectivity index (χ0v) is 6.45. The molecule has 1 heterocycles. The molecule has 4 N–H and O–H groups in total. The molecule has 0 radical (unpaired) electrons. The van der Waals surface area contributed by atoms with Gasteiger partial charge in [-0.05, 0) is 0 Å². The maximum atomic E-state index is 10.6. The van der Waals surface area contributed by atoms with E-state index in [2.05, 4.69) is 4.99 Å². The molecule has 5 heteroatoms. The number of carbonyl (C=O) groups is 1. The van der Waals surface area contributed by atoms with Crippen molar-refractivity contribution in [2.45, 2.75) is 6.04 Å². The van der Waals surface area contributed by atoms with E-state index in [1.165, 1.54) is 0 Å². The second-order valence-electron chi connectivity index (χ2n) is 2.54. The van der Waals surface area contributed by atoms with Gasteiger partial charge in [0, 0.05) is 13.6 Å². The first kappa shape index (κ1) is 8.00. The Hall–Kier alpha value is -1.10. The van der Waals surface area contributed by atoms with E-state index >= 15 is 0 Å². The molecular formula is C6H12N4O. The lowest BCUT2D eigenvalue weighted by atomic mass is 10.2. The third-order valence-electron chi connectivity index (χ3n) is 1.69. The number of amidine groups is 1. The maximum absolute atomic E-state index is 10.6. The van der Waals surface area contributed by atoms with Crippen molar-refractivity contribution in [3.05, 3.63) is 0 Å². The van der Waals surface area contributed by atoms with Gasteiger partial charge in [-0.15, -0.1) is 0 Å². The Bertz CT molecular complexity index is 201. The average molecular weight is 156 g/mol. The predicted molar refractivity (Wildman–Crippen MR) is 42.1 cm³/mol. The monoisotopic (exact) mass is 156 g/mol. The van der Waals surface area contributed by atoms with Crippen molar-refractivity contribution in [3.63, 3.8) is 0 Å². The highest BCUT2D eigenvalue weighted by Crippen LogP contribution is 2.00. The molecule has 0 fully saturated rings. The van der Waals surface area contributed by atoms with Crippen LogP contribution in [0.3, 0.4) is 0 Å². The van der Waals surface area contributed by atoms with Crippen LogP contribution in [0.25, 0.3) is 0 Å². The minimum absolute atomic E-state index is 0.530. The van der Waals surface area contributed by atoms with Crippen molar-refractivity contribution >= 4 is 11.7 Å². The largest absolute Gasteiger partial charge is 0.368 e. The molecule has 62 valence electrons. The first-order valence-electron chi connectivity index (χ1n) is 3.43. The number of primary amides is 1. The van der Waals surface area contributed by atoms with E-state index in [0.29, 0.717) is 12.4 Å². The van der Waals surface area contributed by atoms with Crippen LogP contribution < -0.4 is 11.5 Å². The SMILES string of the molecule is CN1CCN=C1C(N)C(N)=O. The van der Waals surface area contributed by atoms with Gasteiger partial charge in [0.25, 0.3) is 0 Å². The summed E-state index contributed by atoms with van der Waals surface area (Å²) in [6, 6.07) is -0.748. The number of amides is 1. The highest BCUT2D eigenvalue weighted by molar-refractivity contribution is 6.06. The summed E-state index contributed by atoms with van der Waals surface area (Å²) in [5.41, 5.74) is 10.5. The summed E-state index contributed by atoms with van der Waals surface area (Å²) in [5, 5.41) is 0. The molecule has 0 aromatic heterocycles. The fourth-order valence-electron chi connectivity index (χ4n) is 1.01. The van der Waals surface area contributed by atoms with Gasteiger partial charge < -0.3 is 16.4 Å². The molecule has 1 aliphatic heterocycles. The van der Waals surface area contributed by atoms with Crippen molar-refractivity contribution < 1.29 is 4.79 Å². The van der Waals surface area contributed by atoms with E-state index in [-0.39, 0.29) is 0 Å². The first-order chi connectivity index (χ1) is 5.13. The van der Waals surface area contributed by atoms with Crippen molar-refractivity contribution in [2.24, 2.45) is 16.5 Å². The van der Waals surface area contributed by atoms with Crippen molar-refractivity contribution in [1.29, 1.82) is 0 Å². The van der Waals surface area contributed by atoms with Crippen LogP contribution >= 0.6 is 0 Å². The molecule has 1 atom stereocenters. The highest BCUT2D eigenvalue weighted by Gasteiger charge is 2.23. The summed E-state index contributed by atoms with van der Waals surface area (Å²) < 4.78 is 0. The number of hydrogen-bond donors (Lipinski definition) is 2. The Labute approximate surface area is 65.1 Å². The normalized spacial score (nSPS) is 19.8. The molecule has 5 nitrogen and oxygen atoms in total. The lowest BCUT2D eigenvalue weighted by molar-refractivity contribution is -0.118. The number of likely N-dealkylation sites (N-methyl/N-ethyl adjacent to an activating group) is 1. The van der Waals surface area contributed by atoms with Crippen LogP contribution in [0.15, 0.2) is 4.99 Å². The number of rotatable bonds is 2. The molecule has 0 bridgehead atoms. The Kier molecular flexibility index (Phi) is 2.09. The third-order valence-corrected chi connectivity index (χ3v) is 1.69. The van der Waals surface area contributed by atoms with Crippen molar-refractivity contribution in [2.75, 3.05) is 20.1 Å². The molecule has 0 saturated carbocycles. The zero-order valence-electron chi connectivity index (χ0n) is 6.45. The van der Waals surface area contributed by atoms with E-state index in [0.717, 1.165) is 6.54 Å². The van der Waals surface area contributed by atoms with Gasteiger partial charge in [-0.25, -0.2) is 0 Å². The van der Waals surface area contributed by atoms with Gasteiger partial charge in [-0.2, -0.15) is 0 Å². The summed E-state index contributed by atoms with van der Waals surface area (Å²) in [5.74, 6) is 0.0648. The Morgan fingerprint density at radius 2 is 2.45 bits per heavy atom. The van der Waals surface area contributed by atoms with Crippen LogP contribution in [0, 0.1) is 0 Å². The topological polar surface area (TPSA) is 84.7 Å². The lowest BCUT2D eigenvalue weighted by Gasteiger charge is -2.16. The van der Waals surface area contributed by atoms with E-state index in [9.17, 15) is 4.79 Å². The quantitative estimate of drug-likeness (QED) is 0.492. The molecule has 0 aromatic carbocycles. The van der Waals surface area contributed by atoms with Crippen LogP contribution in [0.1, 0.15) is 0 Å². The second kappa shape index (κ2) is 2.87. The van der Waals surface area contributed by atoms with E-state index in [1.54, 1.807) is 0 Å². The summed E-state index contributed by atoms with van der Waals surface area (Å²) in [7, 11) is 1.84. The van der Waals surface area contributed by atoms with Crippen molar-refractivity contribution in [1.82, 2.24) is 4.90 Å². The van der Waals surface area contributed by atoms with Gasteiger partial charge >= 0.3 is 0 Å². The Morgan fingerprint density at radius 3 is 2.82 bits per heavy atom. The van der Waals surface area contributed by atoms with Gasteiger partial charge in [0.15, 0.2) is 0 Å². The van der Waals surface area contributed by atoms with Crippen LogP contribution in [0.5, 0.6) is 0 Å². The Morgan fingerprint density at radius 1 is 1.82 bits per heavy atom. The average Bonchev–Trinajstić information content (AvgIpc) is 2.33. The summed E-state index contributed by atoms with van der Waals surface area (Å²) >= 11 is 0. The molecule has 11 heavy (non-hydrogen) atoms. The minimum Gasteiger partial charge on any atom is -0.368 e. The summed E-state index contributed by atoms with van der Waals surface area (Å²) in [6.45, 7) is 1.52. The molecular weight excluding hydrogens is 144 g/mol. The van der Waals surface area contributed by atoms with E-state index in [4.69, 9.17) is 11.5 Å². The standard InChI is InChI=1S/C6H12N4O/c1-10-3-2-9-6(10)4(7)5(8)11/h4H,2-3,7H2,1H3,(H2,8,11). The van der Waals surface area contributed by atoms with Crippen LogP contribution in [0.4, 0.5) is 0 Å². The van der Waals surface area contributed by atoms with Gasteiger partial charge in [-0.3, -0.25) is 9.79 Å². The number of nitrogens with zero attached hydrogens (tertiary/aromatic N) is 2. The molecule has 1 unspecified atom stereocenters. The third kappa shape index (κ3) is 1.48. The molecule has 0 saturated heterocycles.